The minimum atomic E-state index is -0.832. The van der Waals surface area contributed by atoms with E-state index in [9.17, 15) is 9.59 Å². The second kappa shape index (κ2) is 11.4. The van der Waals surface area contributed by atoms with Crippen molar-refractivity contribution in [2.45, 2.75) is 27.7 Å². The molecule has 90 valence electrons. The summed E-state index contributed by atoms with van der Waals surface area (Å²) in [7, 11) is 1.18. The van der Waals surface area contributed by atoms with Crippen molar-refractivity contribution in [2.75, 3.05) is 7.11 Å². The van der Waals surface area contributed by atoms with Crippen molar-refractivity contribution in [1.29, 1.82) is 0 Å². The van der Waals surface area contributed by atoms with Crippen molar-refractivity contribution in [3.63, 3.8) is 0 Å². The van der Waals surface area contributed by atoms with Crippen molar-refractivity contribution >= 4 is 11.8 Å². The Kier molecular flexibility index (Phi) is 12.0. The van der Waals surface area contributed by atoms with E-state index in [1.54, 1.807) is 30.3 Å². The minimum absolute atomic E-state index is 0.351. The van der Waals surface area contributed by atoms with Crippen LogP contribution in [0.15, 0.2) is 30.3 Å². The molecular weight excluding hydrogens is 204 g/mol. The van der Waals surface area contributed by atoms with Crippen LogP contribution < -0.4 is 0 Å². The molecule has 3 heteroatoms. The van der Waals surface area contributed by atoms with Gasteiger partial charge in [0.15, 0.2) is 0 Å². The van der Waals surface area contributed by atoms with Crippen LogP contribution in [0.2, 0.25) is 0 Å². The smallest absolute Gasteiger partial charge is 0.379 e. The van der Waals surface area contributed by atoms with Gasteiger partial charge in [-0.05, 0) is 0 Å². The van der Waals surface area contributed by atoms with Gasteiger partial charge in [0, 0.05) is 5.56 Å². The standard InChI is InChI=1S/C9H8O3.2C2H6/c1-12-9(11)8(10)7-5-3-2-4-6-7;2*1-2/h2-6H,1H3;2*1-2H3. The van der Waals surface area contributed by atoms with Crippen LogP contribution in [0.5, 0.6) is 0 Å². The van der Waals surface area contributed by atoms with E-state index in [1.807, 2.05) is 27.7 Å². The van der Waals surface area contributed by atoms with E-state index in [-0.39, 0.29) is 0 Å². The predicted octanol–water partition coefficient (Wildman–Crippen LogP) is 3.09. The van der Waals surface area contributed by atoms with E-state index in [1.165, 1.54) is 7.11 Å². The highest BCUT2D eigenvalue weighted by Gasteiger charge is 2.14. The molecule has 0 saturated carbocycles. The van der Waals surface area contributed by atoms with E-state index in [2.05, 4.69) is 4.74 Å². The highest BCUT2D eigenvalue weighted by atomic mass is 16.5. The van der Waals surface area contributed by atoms with Crippen LogP contribution in [0.1, 0.15) is 38.1 Å². The first-order chi connectivity index (χ1) is 7.75. The lowest BCUT2D eigenvalue weighted by molar-refractivity contribution is -0.135. The summed E-state index contributed by atoms with van der Waals surface area (Å²) in [6.07, 6.45) is 0. The number of hydrogen-bond acceptors (Lipinski definition) is 3. The van der Waals surface area contributed by atoms with Crippen molar-refractivity contribution in [3.05, 3.63) is 35.9 Å². The topological polar surface area (TPSA) is 43.4 Å². The number of esters is 1. The molecule has 0 heterocycles. The lowest BCUT2D eigenvalue weighted by atomic mass is 10.1. The molecule has 0 N–H and O–H groups in total. The number of carbonyl (C=O) groups is 2. The Hall–Kier alpha value is -1.64. The summed E-state index contributed by atoms with van der Waals surface area (Å²) in [4.78, 5) is 21.8. The van der Waals surface area contributed by atoms with Gasteiger partial charge in [-0.2, -0.15) is 0 Å². The van der Waals surface area contributed by atoms with Crippen molar-refractivity contribution < 1.29 is 14.3 Å². The number of ether oxygens (including phenoxy) is 1. The normalized spacial score (nSPS) is 7.56. The van der Waals surface area contributed by atoms with Crippen molar-refractivity contribution in [3.8, 4) is 0 Å². The molecule has 0 bridgehead atoms. The number of benzene rings is 1. The molecule has 0 aliphatic carbocycles. The Morgan fingerprint density at radius 1 is 0.938 bits per heavy atom. The fourth-order valence-corrected chi connectivity index (χ4v) is 0.800. The zero-order valence-corrected chi connectivity index (χ0v) is 10.6. The zero-order chi connectivity index (χ0) is 13.0. The Bertz CT molecular complexity index is 291. The predicted molar refractivity (Wildman–Crippen MR) is 65.5 cm³/mol. The molecule has 0 atom stereocenters. The second-order valence-corrected chi connectivity index (χ2v) is 2.19. The molecule has 1 rings (SSSR count). The van der Waals surface area contributed by atoms with Gasteiger partial charge in [-0.3, -0.25) is 4.79 Å². The molecule has 0 aliphatic rings. The molecule has 0 spiro atoms. The number of ketones is 1. The zero-order valence-electron chi connectivity index (χ0n) is 10.6. The van der Waals surface area contributed by atoms with E-state index in [0.29, 0.717) is 5.56 Å². The SMILES string of the molecule is CC.CC.COC(=O)C(=O)c1ccccc1. The number of Topliss-reactive ketones (excluding diaryl/α,β-unsaturated/α-hetero) is 1. The van der Waals surface area contributed by atoms with Gasteiger partial charge in [0.1, 0.15) is 0 Å². The van der Waals surface area contributed by atoms with E-state index < -0.39 is 11.8 Å². The highest BCUT2D eigenvalue weighted by molar-refractivity contribution is 6.40. The summed E-state index contributed by atoms with van der Waals surface area (Å²) in [5.74, 6) is -1.45. The minimum Gasteiger partial charge on any atom is -0.463 e. The third-order valence-electron chi connectivity index (χ3n) is 1.41. The van der Waals surface area contributed by atoms with Gasteiger partial charge in [0.25, 0.3) is 5.78 Å². The van der Waals surface area contributed by atoms with Gasteiger partial charge in [0.05, 0.1) is 7.11 Å². The maximum absolute atomic E-state index is 11.1. The largest absolute Gasteiger partial charge is 0.463 e. The molecule has 0 aromatic heterocycles. The first-order valence-electron chi connectivity index (χ1n) is 5.43. The van der Waals surface area contributed by atoms with E-state index in [0.717, 1.165) is 0 Å². The molecule has 0 unspecified atom stereocenters. The molecule has 0 fully saturated rings. The fourth-order valence-electron chi connectivity index (χ4n) is 0.800. The second-order valence-electron chi connectivity index (χ2n) is 2.19. The molecule has 0 saturated heterocycles. The molecule has 0 radical (unpaired) electrons. The monoisotopic (exact) mass is 224 g/mol. The maximum atomic E-state index is 11.1. The number of carbonyl (C=O) groups excluding carboxylic acids is 2. The van der Waals surface area contributed by atoms with Gasteiger partial charge >= 0.3 is 5.97 Å². The lowest BCUT2D eigenvalue weighted by Gasteiger charge is -1.96. The van der Waals surface area contributed by atoms with Crippen LogP contribution in [0, 0.1) is 0 Å². The van der Waals surface area contributed by atoms with Gasteiger partial charge in [-0.25, -0.2) is 4.79 Å². The first-order valence-corrected chi connectivity index (χ1v) is 5.43. The fraction of sp³-hybridized carbons (Fsp3) is 0.385. The highest BCUT2D eigenvalue weighted by Crippen LogP contribution is 2.00. The van der Waals surface area contributed by atoms with E-state index >= 15 is 0 Å². The number of rotatable bonds is 2. The van der Waals surface area contributed by atoms with Crippen molar-refractivity contribution in [2.24, 2.45) is 0 Å². The Balaban J connectivity index is 0. The summed E-state index contributed by atoms with van der Waals surface area (Å²) in [6.45, 7) is 8.00. The van der Waals surface area contributed by atoms with Crippen LogP contribution in [0.25, 0.3) is 0 Å². The summed E-state index contributed by atoms with van der Waals surface area (Å²) >= 11 is 0. The molecular formula is C13H20O3. The number of hydrogen-bond donors (Lipinski definition) is 0. The van der Waals surface area contributed by atoms with Gasteiger partial charge in [-0.1, -0.05) is 58.0 Å². The average molecular weight is 224 g/mol. The van der Waals surface area contributed by atoms with Gasteiger partial charge in [0.2, 0.25) is 0 Å². The Morgan fingerprint density at radius 3 is 1.75 bits per heavy atom. The van der Waals surface area contributed by atoms with Gasteiger partial charge < -0.3 is 4.74 Å². The quantitative estimate of drug-likeness (QED) is 0.440. The third-order valence-corrected chi connectivity index (χ3v) is 1.41. The Labute approximate surface area is 97.4 Å². The first kappa shape index (κ1) is 16.8. The van der Waals surface area contributed by atoms with Crippen LogP contribution in [-0.2, 0) is 9.53 Å². The summed E-state index contributed by atoms with van der Waals surface area (Å²) < 4.78 is 4.28. The molecule has 1 aromatic rings. The summed E-state index contributed by atoms with van der Waals surface area (Å²) in [5, 5.41) is 0. The third kappa shape index (κ3) is 5.96. The lowest BCUT2D eigenvalue weighted by Crippen LogP contribution is -2.15. The molecule has 1 aromatic carbocycles. The molecule has 0 amide bonds. The maximum Gasteiger partial charge on any atom is 0.379 e. The number of methoxy groups -OCH3 is 1. The average Bonchev–Trinajstić information content (AvgIpc) is 2.42. The molecule has 16 heavy (non-hydrogen) atoms. The Morgan fingerprint density at radius 2 is 1.38 bits per heavy atom. The molecule has 0 aliphatic heterocycles. The van der Waals surface area contributed by atoms with Crippen LogP contribution >= 0.6 is 0 Å². The van der Waals surface area contributed by atoms with Crippen LogP contribution in [-0.4, -0.2) is 18.9 Å². The van der Waals surface area contributed by atoms with Crippen molar-refractivity contribution in [1.82, 2.24) is 0 Å². The van der Waals surface area contributed by atoms with Crippen LogP contribution in [0.4, 0.5) is 0 Å². The van der Waals surface area contributed by atoms with Gasteiger partial charge in [-0.15, -0.1) is 0 Å². The summed E-state index contributed by atoms with van der Waals surface area (Å²) in [5.41, 5.74) is 0.351. The van der Waals surface area contributed by atoms with E-state index in [4.69, 9.17) is 0 Å². The molecule has 3 nitrogen and oxygen atoms in total. The van der Waals surface area contributed by atoms with Crippen LogP contribution in [0.3, 0.4) is 0 Å². The summed E-state index contributed by atoms with van der Waals surface area (Å²) in [6, 6.07) is 8.29.